The second kappa shape index (κ2) is 7.09. The lowest BCUT2D eigenvalue weighted by Gasteiger charge is -2.02. The van der Waals surface area contributed by atoms with E-state index < -0.39 is 0 Å². The Balaban J connectivity index is 2.02. The number of ether oxygens (including phenoxy) is 1. The Morgan fingerprint density at radius 2 is 1.90 bits per heavy atom. The molecule has 2 aromatic rings. The van der Waals surface area contributed by atoms with Gasteiger partial charge in [-0.15, -0.1) is 0 Å². The van der Waals surface area contributed by atoms with Gasteiger partial charge in [-0.3, -0.25) is 0 Å². The van der Waals surface area contributed by atoms with Crippen LogP contribution in [-0.4, -0.2) is 19.6 Å². The highest BCUT2D eigenvalue weighted by molar-refractivity contribution is 5.89. The van der Waals surface area contributed by atoms with Crippen molar-refractivity contribution in [1.29, 1.82) is 0 Å². The largest absolute Gasteiger partial charge is 0.465 e. The monoisotopic (exact) mass is 288 g/mol. The van der Waals surface area contributed by atoms with Gasteiger partial charge in [-0.25, -0.2) is 4.79 Å². The molecule has 2 rings (SSSR count). The first-order valence-corrected chi connectivity index (χ1v) is 7.19. The average Bonchev–Trinajstić information content (AvgIpc) is 2.95. The summed E-state index contributed by atoms with van der Waals surface area (Å²) >= 11 is 0. The number of methoxy groups -OCH3 is 1. The molecule has 0 radical (unpaired) electrons. The van der Waals surface area contributed by atoms with Gasteiger partial charge in [-0.2, -0.15) is 0 Å². The van der Waals surface area contributed by atoms with Crippen LogP contribution in [0.4, 0.5) is 0 Å². The van der Waals surface area contributed by atoms with Crippen LogP contribution in [0, 0.1) is 5.92 Å². The molecule has 112 valence electrons. The van der Waals surface area contributed by atoms with Crippen molar-refractivity contribution < 1.29 is 19.3 Å². The summed E-state index contributed by atoms with van der Waals surface area (Å²) in [6.07, 6.45) is 0. The third kappa shape index (κ3) is 4.20. The van der Waals surface area contributed by atoms with Crippen molar-refractivity contribution in [2.75, 3.05) is 13.7 Å². The molecule has 1 aromatic heterocycles. The van der Waals surface area contributed by atoms with E-state index >= 15 is 0 Å². The standard InChI is InChI=1S/C17H21NO3/c1-12(2)10-18-11-15-8-9-16(21-15)13-4-6-14(7-5-13)17(19)20-3/h4-9,12,18H,10-11H2,1-3H3/p+1. The summed E-state index contributed by atoms with van der Waals surface area (Å²) in [7, 11) is 1.38. The van der Waals surface area contributed by atoms with Gasteiger partial charge in [0.1, 0.15) is 12.3 Å². The predicted molar refractivity (Wildman–Crippen MR) is 80.8 cm³/mol. The molecular formula is C17H22NO3+. The van der Waals surface area contributed by atoms with E-state index in [2.05, 4.69) is 23.9 Å². The number of hydrogen-bond donors (Lipinski definition) is 1. The molecule has 0 amide bonds. The zero-order chi connectivity index (χ0) is 15.2. The molecule has 0 unspecified atom stereocenters. The van der Waals surface area contributed by atoms with Crippen molar-refractivity contribution in [3.05, 3.63) is 47.7 Å². The van der Waals surface area contributed by atoms with E-state index in [0.717, 1.165) is 30.2 Å². The summed E-state index contributed by atoms with van der Waals surface area (Å²) in [5.74, 6) is 2.12. The SMILES string of the molecule is COC(=O)c1ccc(-c2ccc(C[NH2+]CC(C)C)o2)cc1. The van der Waals surface area contributed by atoms with Crippen LogP contribution < -0.4 is 5.32 Å². The zero-order valence-electron chi connectivity index (χ0n) is 12.8. The Morgan fingerprint density at radius 3 is 2.52 bits per heavy atom. The first-order valence-electron chi connectivity index (χ1n) is 7.19. The summed E-state index contributed by atoms with van der Waals surface area (Å²) in [4.78, 5) is 11.4. The maximum atomic E-state index is 11.4. The van der Waals surface area contributed by atoms with E-state index in [1.807, 2.05) is 24.3 Å². The third-order valence-electron chi connectivity index (χ3n) is 3.24. The van der Waals surface area contributed by atoms with Crippen molar-refractivity contribution in [1.82, 2.24) is 0 Å². The highest BCUT2D eigenvalue weighted by Gasteiger charge is 2.09. The van der Waals surface area contributed by atoms with Crippen LogP contribution in [0.2, 0.25) is 0 Å². The molecule has 4 heteroatoms. The summed E-state index contributed by atoms with van der Waals surface area (Å²) in [5.41, 5.74) is 1.50. The average molecular weight is 288 g/mol. The fraction of sp³-hybridized carbons (Fsp3) is 0.353. The van der Waals surface area contributed by atoms with E-state index in [1.54, 1.807) is 12.1 Å². The Kier molecular flexibility index (Phi) is 5.17. The van der Waals surface area contributed by atoms with Crippen molar-refractivity contribution in [2.45, 2.75) is 20.4 Å². The third-order valence-corrected chi connectivity index (χ3v) is 3.24. The minimum Gasteiger partial charge on any atom is -0.465 e. The number of rotatable bonds is 6. The second-order valence-electron chi connectivity index (χ2n) is 5.46. The highest BCUT2D eigenvalue weighted by Crippen LogP contribution is 2.22. The number of quaternary nitrogens is 1. The normalized spacial score (nSPS) is 10.9. The zero-order valence-corrected chi connectivity index (χ0v) is 12.8. The van der Waals surface area contributed by atoms with Crippen LogP contribution in [0.15, 0.2) is 40.8 Å². The molecule has 0 saturated heterocycles. The molecule has 0 aliphatic heterocycles. The Bertz CT molecular complexity index is 584. The summed E-state index contributed by atoms with van der Waals surface area (Å²) in [6.45, 7) is 6.34. The number of carbonyl (C=O) groups is 1. The van der Waals surface area contributed by atoms with E-state index in [-0.39, 0.29) is 5.97 Å². The molecule has 1 heterocycles. The first-order chi connectivity index (χ1) is 10.1. The quantitative estimate of drug-likeness (QED) is 0.831. The van der Waals surface area contributed by atoms with Crippen LogP contribution in [0.3, 0.4) is 0 Å². The lowest BCUT2D eigenvalue weighted by molar-refractivity contribution is -0.676. The number of benzene rings is 1. The van der Waals surface area contributed by atoms with Crippen LogP contribution >= 0.6 is 0 Å². The van der Waals surface area contributed by atoms with Gasteiger partial charge in [0.25, 0.3) is 0 Å². The fourth-order valence-electron chi connectivity index (χ4n) is 2.09. The van der Waals surface area contributed by atoms with Crippen molar-refractivity contribution >= 4 is 5.97 Å². The van der Waals surface area contributed by atoms with E-state index in [9.17, 15) is 4.79 Å². The van der Waals surface area contributed by atoms with Crippen LogP contribution in [-0.2, 0) is 11.3 Å². The van der Waals surface area contributed by atoms with Gasteiger partial charge < -0.3 is 14.5 Å². The fourth-order valence-corrected chi connectivity index (χ4v) is 2.09. The van der Waals surface area contributed by atoms with Crippen LogP contribution in [0.25, 0.3) is 11.3 Å². The van der Waals surface area contributed by atoms with Gasteiger partial charge in [0.15, 0.2) is 5.76 Å². The molecular weight excluding hydrogens is 266 g/mol. The van der Waals surface area contributed by atoms with Crippen LogP contribution in [0.5, 0.6) is 0 Å². The van der Waals surface area contributed by atoms with Crippen LogP contribution in [0.1, 0.15) is 30.0 Å². The smallest absolute Gasteiger partial charge is 0.337 e. The lowest BCUT2D eigenvalue weighted by Crippen LogP contribution is -2.83. The van der Waals surface area contributed by atoms with Crippen molar-refractivity contribution in [3.63, 3.8) is 0 Å². The minimum atomic E-state index is -0.329. The van der Waals surface area contributed by atoms with Gasteiger partial charge in [0.2, 0.25) is 0 Å². The summed E-state index contributed by atoms with van der Waals surface area (Å²) < 4.78 is 10.5. The minimum absolute atomic E-state index is 0.329. The van der Waals surface area contributed by atoms with Gasteiger partial charge in [-0.05, 0) is 24.3 Å². The van der Waals surface area contributed by atoms with Gasteiger partial charge >= 0.3 is 5.97 Å². The number of esters is 1. The molecule has 0 atom stereocenters. The molecule has 21 heavy (non-hydrogen) atoms. The molecule has 4 nitrogen and oxygen atoms in total. The molecule has 0 spiro atoms. The molecule has 0 aliphatic carbocycles. The number of carbonyl (C=O) groups excluding carboxylic acids is 1. The van der Waals surface area contributed by atoms with Gasteiger partial charge in [-0.1, -0.05) is 26.0 Å². The first kappa shape index (κ1) is 15.3. The van der Waals surface area contributed by atoms with Crippen molar-refractivity contribution in [3.8, 4) is 11.3 Å². The summed E-state index contributed by atoms with van der Waals surface area (Å²) in [6, 6.07) is 11.2. The maximum Gasteiger partial charge on any atom is 0.337 e. The topological polar surface area (TPSA) is 56.0 Å². The van der Waals surface area contributed by atoms with E-state index in [0.29, 0.717) is 11.5 Å². The van der Waals surface area contributed by atoms with Gasteiger partial charge in [0, 0.05) is 11.5 Å². The second-order valence-corrected chi connectivity index (χ2v) is 5.46. The molecule has 0 fully saturated rings. The van der Waals surface area contributed by atoms with E-state index in [1.165, 1.54) is 7.11 Å². The molecule has 0 aliphatic rings. The van der Waals surface area contributed by atoms with E-state index in [4.69, 9.17) is 4.42 Å². The highest BCUT2D eigenvalue weighted by atomic mass is 16.5. The van der Waals surface area contributed by atoms with Gasteiger partial charge in [0.05, 0.1) is 19.2 Å². The lowest BCUT2D eigenvalue weighted by atomic mass is 10.1. The Hall–Kier alpha value is -2.07. The number of nitrogens with two attached hydrogens (primary N) is 1. The summed E-state index contributed by atoms with van der Waals surface area (Å²) in [5, 5.41) is 2.24. The Labute approximate surface area is 125 Å². The number of furan rings is 1. The molecule has 0 saturated carbocycles. The molecule has 2 N–H and O–H groups in total. The maximum absolute atomic E-state index is 11.4. The number of hydrogen-bond acceptors (Lipinski definition) is 3. The van der Waals surface area contributed by atoms with Crippen molar-refractivity contribution in [2.24, 2.45) is 5.92 Å². The predicted octanol–water partition coefficient (Wildman–Crippen LogP) is 2.45. The Morgan fingerprint density at radius 1 is 1.19 bits per heavy atom. The molecule has 1 aromatic carbocycles. The molecule has 0 bridgehead atoms.